The quantitative estimate of drug-likeness (QED) is 0.788. The number of nitrogens with zero attached hydrogens (tertiary/aromatic N) is 1. The zero-order valence-corrected chi connectivity index (χ0v) is 9.31. The molecule has 0 aliphatic heterocycles. The third-order valence-corrected chi connectivity index (χ3v) is 2.27. The standard InChI is InChI=1S/C11H10N2O4/c1-16-10(14)7-4-3-6-8(13-7)5-9(12-6)11(15)17-2/h3-5,12H,1-2H3. The Bertz CT molecular complexity index is 574. The lowest BCUT2D eigenvalue weighted by Gasteiger charge is -1.97. The number of H-pyrrole nitrogens is 1. The lowest BCUT2D eigenvalue weighted by molar-refractivity contribution is 0.0586. The Labute approximate surface area is 96.6 Å². The molecule has 2 heterocycles. The second-order valence-corrected chi connectivity index (χ2v) is 3.30. The first-order valence-corrected chi connectivity index (χ1v) is 4.82. The molecule has 6 heteroatoms. The highest BCUT2D eigenvalue weighted by Gasteiger charge is 2.13. The highest BCUT2D eigenvalue weighted by molar-refractivity contribution is 5.95. The summed E-state index contributed by atoms with van der Waals surface area (Å²) in [6.07, 6.45) is 0. The predicted octanol–water partition coefficient (Wildman–Crippen LogP) is 1.14. The van der Waals surface area contributed by atoms with Crippen molar-refractivity contribution < 1.29 is 19.1 Å². The van der Waals surface area contributed by atoms with E-state index < -0.39 is 11.9 Å². The maximum Gasteiger partial charge on any atom is 0.356 e. The smallest absolute Gasteiger partial charge is 0.356 e. The van der Waals surface area contributed by atoms with E-state index in [-0.39, 0.29) is 11.4 Å². The number of hydrogen-bond acceptors (Lipinski definition) is 5. The van der Waals surface area contributed by atoms with Gasteiger partial charge in [0.2, 0.25) is 0 Å². The van der Waals surface area contributed by atoms with E-state index in [1.54, 1.807) is 6.07 Å². The molecule has 0 aliphatic rings. The van der Waals surface area contributed by atoms with Gasteiger partial charge in [0.1, 0.15) is 11.4 Å². The summed E-state index contributed by atoms with van der Waals surface area (Å²) >= 11 is 0. The molecule has 0 spiro atoms. The minimum atomic E-state index is -0.521. The second-order valence-electron chi connectivity index (χ2n) is 3.30. The monoisotopic (exact) mass is 234 g/mol. The molecule has 1 N–H and O–H groups in total. The third kappa shape index (κ3) is 1.96. The molecule has 0 radical (unpaired) electrons. The number of methoxy groups -OCH3 is 2. The fraction of sp³-hybridized carbons (Fsp3) is 0.182. The second kappa shape index (κ2) is 4.25. The first-order chi connectivity index (χ1) is 8.15. The Morgan fingerprint density at radius 2 is 1.88 bits per heavy atom. The predicted molar refractivity (Wildman–Crippen MR) is 58.8 cm³/mol. The Hall–Kier alpha value is -2.37. The molecule has 0 saturated carbocycles. The van der Waals surface area contributed by atoms with Gasteiger partial charge in [-0.15, -0.1) is 0 Å². The van der Waals surface area contributed by atoms with Crippen molar-refractivity contribution in [1.82, 2.24) is 9.97 Å². The lowest BCUT2D eigenvalue weighted by atomic mass is 10.3. The Morgan fingerprint density at radius 1 is 1.18 bits per heavy atom. The molecule has 2 aromatic heterocycles. The Kier molecular flexibility index (Phi) is 2.78. The molecule has 6 nitrogen and oxygen atoms in total. The average molecular weight is 234 g/mol. The van der Waals surface area contributed by atoms with Gasteiger partial charge in [-0.25, -0.2) is 14.6 Å². The van der Waals surface area contributed by atoms with Crippen molar-refractivity contribution in [3.05, 3.63) is 29.6 Å². The summed E-state index contributed by atoms with van der Waals surface area (Å²) in [5, 5.41) is 0. The van der Waals surface area contributed by atoms with Gasteiger partial charge in [-0.3, -0.25) is 0 Å². The van der Waals surface area contributed by atoms with Crippen LogP contribution in [0.25, 0.3) is 11.0 Å². The largest absolute Gasteiger partial charge is 0.464 e. The maximum atomic E-state index is 11.3. The number of fused-ring (bicyclic) bond motifs is 1. The first kappa shape index (κ1) is 11.1. The first-order valence-electron chi connectivity index (χ1n) is 4.82. The summed E-state index contributed by atoms with van der Waals surface area (Å²) in [6.45, 7) is 0. The minimum Gasteiger partial charge on any atom is -0.464 e. The van der Waals surface area contributed by atoms with Gasteiger partial charge in [0.25, 0.3) is 0 Å². The number of rotatable bonds is 2. The van der Waals surface area contributed by atoms with Crippen LogP contribution in [0.2, 0.25) is 0 Å². The van der Waals surface area contributed by atoms with Crippen LogP contribution in [0, 0.1) is 0 Å². The van der Waals surface area contributed by atoms with Gasteiger partial charge in [0.15, 0.2) is 0 Å². The van der Waals surface area contributed by atoms with Crippen LogP contribution in [0.15, 0.2) is 18.2 Å². The van der Waals surface area contributed by atoms with E-state index >= 15 is 0 Å². The van der Waals surface area contributed by atoms with Gasteiger partial charge in [0, 0.05) is 0 Å². The van der Waals surface area contributed by atoms with Gasteiger partial charge >= 0.3 is 11.9 Å². The summed E-state index contributed by atoms with van der Waals surface area (Å²) in [5.41, 5.74) is 1.64. The Balaban J connectivity index is 2.48. The van der Waals surface area contributed by atoms with Crippen molar-refractivity contribution in [2.75, 3.05) is 14.2 Å². The van der Waals surface area contributed by atoms with Crippen LogP contribution in [0.5, 0.6) is 0 Å². The molecule has 0 bridgehead atoms. The highest BCUT2D eigenvalue weighted by atomic mass is 16.5. The molecule has 88 valence electrons. The van der Waals surface area contributed by atoms with E-state index in [4.69, 9.17) is 0 Å². The number of nitrogens with one attached hydrogen (secondary N) is 1. The van der Waals surface area contributed by atoms with Gasteiger partial charge in [-0.1, -0.05) is 0 Å². The van der Waals surface area contributed by atoms with Crippen LogP contribution in [0.3, 0.4) is 0 Å². The van der Waals surface area contributed by atoms with Crippen molar-refractivity contribution in [2.45, 2.75) is 0 Å². The average Bonchev–Trinajstić information content (AvgIpc) is 2.79. The van der Waals surface area contributed by atoms with E-state index in [2.05, 4.69) is 19.4 Å². The fourth-order valence-corrected chi connectivity index (χ4v) is 1.45. The summed E-state index contributed by atoms with van der Waals surface area (Å²) < 4.78 is 9.13. The normalized spacial score (nSPS) is 10.2. The van der Waals surface area contributed by atoms with Gasteiger partial charge in [-0.05, 0) is 18.2 Å². The summed E-state index contributed by atoms with van der Waals surface area (Å²) in [5.74, 6) is -1.00. The van der Waals surface area contributed by atoms with Crippen molar-refractivity contribution in [3.8, 4) is 0 Å². The number of carbonyl (C=O) groups excluding carboxylic acids is 2. The van der Waals surface area contributed by atoms with Gasteiger partial charge in [0.05, 0.1) is 25.3 Å². The fourth-order valence-electron chi connectivity index (χ4n) is 1.45. The molecule has 0 fully saturated rings. The van der Waals surface area contributed by atoms with Crippen LogP contribution in [-0.4, -0.2) is 36.1 Å². The van der Waals surface area contributed by atoms with E-state index in [1.807, 2.05) is 0 Å². The SMILES string of the molecule is COC(=O)c1ccc2[nH]c(C(=O)OC)cc2n1. The van der Waals surface area contributed by atoms with Crippen LogP contribution < -0.4 is 0 Å². The summed E-state index contributed by atoms with van der Waals surface area (Å²) in [7, 11) is 2.58. The lowest BCUT2D eigenvalue weighted by Crippen LogP contribution is -2.03. The zero-order valence-electron chi connectivity index (χ0n) is 9.31. The topological polar surface area (TPSA) is 81.3 Å². The molecule has 0 unspecified atom stereocenters. The molecular weight excluding hydrogens is 224 g/mol. The van der Waals surface area contributed by atoms with Crippen LogP contribution in [0.1, 0.15) is 21.0 Å². The number of aromatic amines is 1. The van der Waals surface area contributed by atoms with Crippen LogP contribution in [-0.2, 0) is 9.47 Å². The summed E-state index contributed by atoms with van der Waals surface area (Å²) in [6, 6.07) is 4.69. The zero-order chi connectivity index (χ0) is 12.4. The molecule has 17 heavy (non-hydrogen) atoms. The van der Waals surface area contributed by atoms with E-state index in [0.29, 0.717) is 11.0 Å². The molecule has 0 atom stereocenters. The van der Waals surface area contributed by atoms with E-state index in [0.717, 1.165) is 0 Å². The number of esters is 2. The molecule has 0 saturated heterocycles. The number of hydrogen-bond donors (Lipinski definition) is 1. The molecular formula is C11H10N2O4. The number of aromatic nitrogens is 2. The molecule has 0 aromatic carbocycles. The number of ether oxygens (including phenoxy) is 2. The molecule has 2 rings (SSSR count). The number of carbonyl (C=O) groups is 2. The minimum absolute atomic E-state index is 0.190. The van der Waals surface area contributed by atoms with Crippen molar-refractivity contribution in [1.29, 1.82) is 0 Å². The van der Waals surface area contributed by atoms with Gasteiger partial charge < -0.3 is 14.5 Å². The number of pyridine rings is 1. The van der Waals surface area contributed by atoms with Crippen LogP contribution in [0.4, 0.5) is 0 Å². The van der Waals surface area contributed by atoms with Gasteiger partial charge in [-0.2, -0.15) is 0 Å². The highest BCUT2D eigenvalue weighted by Crippen LogP contribution is 2.14. The molecule has 0 aliphatic carbocycles. The Morgan fingerprint density at radius 3 is 2.53 bits per heavy atom. The van der Waals surface area contributed by atoms with Crippen LogP contribution >= 0.6 is 0 Å². The van der Waals surface area contributed by atoms with Crippen molar-refractivity contribution in [2.24, 2.45) is 0 Å². The van der Waals surface area contributed by atoms with Crippen molar-refractivity contribution in [3.63, 3.8) is 0 Å². The molecule has 0 amide bonds. The van der Waals surface area contributed by atoms with E-state index in [1.165, 1.54) is 26.4 Å². The van der Waals surface area contributed by atoms with E-state index in [9.17, 15) is 9.59 Å². The summed E-state index contributed by atoms with van der Waals surface area (Å²) in [4.78, 5) is 29.5. The third-order valence-electron chi connectivity index (χ3n) is 2.27. The maximum absolute atomic E-state index is 11.3. The molecule has 2 aromatic rings. The van der Waals surface area contributed by atoms with Crippen molar-refractivity contribution >= 4 is 23.0 Å².